The quantitative estimate of drug-likeness (QED) is 0.517. The van der Waals surface area contributed by atoms with E-state index in [0.29, 0.717) is 0 Å². The van der Waals surface area contributed by atoms with Crippen LogP contribution in [0.4, 0.5) is 4.79 Å². The molecular weight excluding hydrogens is 232 g/mol. The van der Waals surface area contributed by atoms with Crippen LogP contribution in [-0.2, 0) is 14.3 Å². The van der Waals surface area contributed by atoms with Gasteiger partial charge in [-0.1, -0.05) is 0 Å². The van der Waals surface area contributed by atoms with E-state index < -0.39 is 30.1 Å². The molecule has 0 aromatic carbocycles. The Kier molecular flexibility index (Phi) is 5.39. The standard InChI is InChI=1S/C9H16N2O6/c1-9(16,7(13)14)5-10-8(15)11(2)4-6(12)17-3/h16H,4-5H2,1-3H3,(H,10,15)(H,13,14). The summed E-state index contributed by atoms with van der Waals surface area (Å²) in [5.41, 5.74) is -2.05. The fourth-order valence-corrected chi connectivity index (χ4v) is 0.788. The number of carboxylic acids is 1. The number of urea groups is 1. The Hall–Kier alpha value is -1.83. The molecule has 0 aliphatic carbocycles. The van der Waals surface area contributed by atoms with E-state index in [1.54, 1.807) is 0 Å². The van der Waals surface area contributed by atoms with Gasteiger partial charge < -0.3 is 25.2 Å². The maximum absolute atomic E-state index is 11.4. The number of carboxylic acid groups (broad SMARTS) is 1. The van der Waals surface area contributed by atoms with Crippen LogP contribution in [0.1, 0.15) is 6.92 Å². The third kappa shape index (κ3) is 5.16. The van der Waals surface area contributed by atoms with Gasteiger partial charge in [-0.2, -0.15) is 0 Å². The van der Waals surface area contributed by atoms with Crippen molar-refractivity contribution in [2.45, 2.75) is 12.5 Å². The van der Waals surface area contributed by atoms with Crippen molar-refractivity contribution in [3.05, 3.63) is 0 Å². The Morgan fingerprint density at radius 2 is 1.94 bits per heavy atom. The topological polar surface area (TPSA) is 116 Å². The average molecular weight is 248 g/mol. The van der Waals surface area contributed by atoms with E-state index in [1.807, 2.05) is 0 Å². The van der Waals surface area contributed by atoms with Crippen LogP contribution in [0.5, 0.6) is 0 Å². The summed E-state index contributed by atoms with van der Waals surface area (Å²) >= 11 is 0. The number of methoxy groups -OCH3 is 1. The molecule has 0 aromatic rings. The molecule has 8 nitrogen and oxygen atoms in total. The highest BCUT2D eigenvalue weighted by Crippen LogP contribution is 2.01. The van der Waals surface area contributed by atoms with Gasteiger partial charge in [-0.25, -0.2) is 9.59 Å². The number of aliphatic hydroxyl groups is 1. The fraction of sp³-hybridized carbons (Fsp3) is 0.667. The number of nitrogens with zero attached hydrogens (tertiary/aromatic N) is 1. The van der Waals surface area contributed by atoms with Crippen LogP contribution in [0.3, 0.4) is 0 Å². The number of esters is 1. The number of aliphatic carboxylic acids is 1. The molecule has 0 heterocycles. The highest BCUT2D eigenvalue weighted by atomic mass is 16.5. The van der Waals surface area contributed by atoms with Crippen LogP contribution in [0, 0.1) is 0 Å². The minimum absolute atomic E-state index is 0.266. The molecule has 1 atom stereocenters. The summed E-state index contributed by atoms with van der Waals surface area (Å²) in [4.78, 5) is 33.8. The molecule has 0 spiro atoms. The molecule has 0 aromatic heterocycles. The van der Waals surface area contributed by atoms with Gasteiger partial charge in [0.15, 0.2) is 5.60 Å². The average Bonchev–Trinajstić information content (AvgIpc) is 2.25. The van der Waals surface area contributed by atoms with Crippen molar-refractivity contribution in [2.75, 3.05) is 27.2 Å². The minimum atomic E-state index is -2.05. The normalized spacial score (nSPS) is 13.4. The molecule has 0 saturated heterocycles. The Balaban J connectivity index is 4.19. The van der Waals surface area contributed by atoms with Crippen molar-refractivity contribution in [3.8, 4) is 0 Å². The molecule has 0 rings (SSSR count). The second-order valence-electron chi connectivity index (χ2n) is 3.67. The van der Waals surface area contributed by atoms with Crippen molar-refractivity contribution in [3.63, 3.8) is 0 Å². The predicted octanol–water partition coefficient (Wildman–Crippen LogP) is -1.36. The van der Waals surface area contributed by atoms with Crippen LogP contribution in [0.2, 0.25) is 0 Å². The van der Waals surface area contributed by atoms with Crippen molar-refractivity contribution in [1.29, 1.82) is 0 Å². The van der Waals surface area contributed by atoms with Crippen molar-refractivity contribution in [1.82, 2.24) is 10.2 Å². The number of amides is 2. The van der Waals surface area contributed by atoms with Crippen molar-refractivity contribution < 1.29 is 29.3 Å². The Morgan fingerprint density at radius 1 is 1.41 bits per heavy atom. The van der Waals surface area contributed by atoms with Gasteiger partial charge in [0.1, 0.15) is 6.54 Å². The lowest BCUT2D eigenvalue weighted by Gasteiger charge is -2.21. The lowest BCUT2D eigenvalue weighted by Crippen LogP contribution is -2.50. The minimum Gasteiger partial charge on any atom is -0.479 e. The number of likely N-dealkylation sites (N-methyl/N-ethyl adjacent to an activating group) is 1. The first-order chi connectivity index (χ1) is 7.70. The summed E-state index contributed by atoms with van der Waals surface area (Å²) < 4.78 is 4.35. The lowest BCUT2D eigenvalue weighted by atomic mass is 10.1. The summed E-state index contributed by atoms with van der Waals surface area (Å²) in [6, 6.07) is -0.683. The van der Waals surface area contributed by atoms with Gasteiger partial charge in [-0.05, 0) is 6.92 Å². The van der Waals surface area contributed by atoms with E-state index in [-0.39, 0.29) is 6.54 Å². The number of ether oxygens (including phenoxy) is 1. The van der Waals surface area contributed by atoms with E-state index >= 15 is 0 Å². The van der Waals surface area contributed by atoms with E-state index in [1.165, 1.54) is 14.2 Å². The van der Waals surface area contributed by atoms with Gasteiger partial charge in [0.05, 0.1) is 13.7 Å². The second-order valence-corrected chi connectivity index (χ2v) is 3.67. The second kappa shape index (κ2) is 6.04. The first-order valence-corrected chi connectivity index (χ1v) is 4.72. The number of hydrogen-bond donors (Lipinski definition) is 3. The summed E-state index contributed by atoms with van der Waals surface area (Å²) in [7, 11) is 2.52. The maximum Gasteiger partial charge on any atom is 0.337 e. The first-order valence-electron chi connectivity index (χ1n) is 4.72. The number of carbonyl (C=O) groups excluding carboxylic acids is 2. The summed E-state index contributed by atoms with van der Waals surface area (Å²) in [6.45, 7) is 0.320. The van der Waals surface area contributed by atoms with E-state index in [9.17, 15) is 19.5 Å². The molecule has 0 saturated carbocycles. The molecule has 17 heavy (non-hydrogen) atoms. The molecule has 8 heteroatoms. The van der Waals surface area contributed by atoms with Crippen LogP contribution < -0.4 is 5.32 Å². The smallest absolute Gasteiger partial charge is 0.337 e. The molecule has 98 valence electrons. The summed E-state index contributed by atoms with van der Waals surface area (Å²) in [5, 5.41) is 20.1. The maximum atomic E-state index is 11.4. The van der Waals surface area contributed by atoms with E-state index in [0.717, 1.165) is 11.8 Å². The zero-order valence-corrected chi connectivity index (χ0v) is 9.89. The largest absolute Gasteiger partial charge is 0.479 e. The number of hydrogen-bond acceptors (Lipinski definition) is 5. The summed E-state index contributed by atoms with van der Waals surface area (Å²) in [6.07, 6.45) is 0. The van der Waals surface area contributed by atoms with Crippen LogP contribution >= 0.6 is 0 Å². The Bertz CT molecular complexity index is 315. The third-order valence-electron chi connectivity index (χ3n) is 1.99. The van der Waals surface area contributed by atoms with Gasteiger partial charge in [0, 0.05) is 7.05 Å². The lowest BCUT2D eigenvalue weighted by molar-refractivity contribution is -0.155. The third-order valence-corrected chi connectivity index (χ3v) is 1.99. The molecule has 2 amide bonds. The predicted molar refractivity (Wildman–Crippen MR) is 56.3 cm³/mol. The Labute approximate surface area is 98.2 Å². The first kappa shape index (κ1) is 15.2. The summed E-state index contributed by atoms with van der Waals surface area (Å²) in [5.74, 6) is -2.05. The molecule has 0 aliphatic heterocycles. The number of rotatable bonds is 5. The SMILES string of the molecule is COC(=O)CN(C)C(=O)NCC(C)(O)C(=O)O. The van der Waals surface area contributed by atoms with Crippen LogP contribution in [0.25, 0.3) is 0 Å². The Morgan fingerprint density at radius 3 is 2.35 bits per heavy atom. The highest BCUT2D eigenvalue weighted by molar-refractivity contribution is 5.82. The zero-order valence-electron chi connectivity index (χ0n) is 9.89. The van der Waals surface area contributed by atoms with E-state index in [4.69, 9.17) is 5.11 Å². The molecule has 3 N–H and O–H groups in total. The fourth-order valence-electron chi connectivity index (χ4n) is 0.788. The highest BCUT2D eigenvalue weighted by Gasteiger charge is 2.30. The van der Waals surface area contributed by atoms with Crippen molar-refractivity contribution in [2.24, 2.45) is 0 Å². The zero-order chi connectivity index (χ0) is 13.6. The van der Waals surface area contributed by atoms with Gasteiger partial charge in [0.25, 0.3) is 0 Å². The molecular formula is C9H16N2O6. The van der Waals surface area contributed by atoms with Crippen LogP contribution in [-0.4, -0.2) is 65.9 Å². The van der Waals surface area contributed by atoms with Crippen LogP contribution in [0.15, 0.2) is 0 Å². The molecule has 0 fully saturated rings. The number of carbonyl (C=O) groups is 3. The monoisotopic (exact) mass is 248 g/mol. The molecule has 0 radical (unpaired) electrons. The molecule has 1 unspecified atom stereocenters. The van der Waals surface area contributed by atoms with Crippen molar-refractivity contribution >= 4 is 18.0 Å². The van der Waals surface area contributed by atoms with Gasteiger partial charge in [-0.15, -0.1) is 0 Å². The molecule has 0 aliphatic rings. The van der Waals surface area contributed by atoms with Gasteiger partial charge >= 0.3 is 18.0 Å². The van der Waals surface area contributed by atoms with E-state index in [2.05, 4.69) is 10.1 Å². The van der Waals surface area contributed by atoms with Gasteiger partial charge in [0.2, 0.25) is 0 Å². The molecule has 0 bridgehead atoms. The number of nitrogens with one attached hydrogen (secondary N) is 1. The van der Waals surface area contributed by atoms with Gasteiger partial charge in [-0.3, -0.25) is 4.79 Å².